The Bertz CT molecular complexity index is 1590. The third-order valence-electron chi connectivity index (χ3n) is 6.76. The molecule has 2 aliphatic rings. The van der Waals surface area contributed by atoms with Crippen LogP contribution in [0, 0.1) is 0 Å². The zero-order valence-electron chi connectivity index (χ0n) is 20.0. The zero-order chi connectivity index (χ0) is 25.5. The SMILES string of the molecule is COc1cccc(C2/C(=C(/O)c3ccc4ccccc4c3)C(=O)C(=O)N2Cc2ccc3c(c2)OCO3)c1. The highest BCUT2D eigenvalue weighted by molar-refractivity contribution is 6.46. The van der Waals surface area contributed by atoms with E-state index in [1.54, 1.807) is 43.5 Å². The van der Waals surface area contributed by atoms with Crippen LogP contribution in [0.1, 0.15) is 22.7 Å². The minimum atomic E-state index is -0.813. The summed E-state index contributed by atoms with van der Waals surface area (Å²) in [6, 6.07) is 25.0. The molecule has 0 bridgehead atoms. The molecular weight excluding hydrogens is 470 g/mol. The van der Waals surface area contributed by atoms with Gasteiger partial charge in [-0.1, -0.05) is 54.6 Å². The largest absolute Gasteiger partial charge is 0.507 e. The van der Waals surface area contributed by atoms with Crippen molar-refractivity contribution in [2.45, 2.75) is 12.6 Å². The molecular formula is C30H23NO6. The van der Waals surface area contributed by atoms with Crippen LogP contribution >= 0.6 is 0 Å². The molecule has 4 aromatic carbocycles. The number of ether oxygens (including phenoxy) is 3. The smallest absolute Gasteiger partial charge is 0.295 e. The standard InChI is InChI=1S/C30H23NO6/c1-35-23-8-4-7-21(15-23)27-26(28(32)22-11-10-19-5-2-3-6-20(19)14-22)29(33)30(34)31(27)16-18-9-12-24-25(13-18)37-17-36-24/h2-15,27,32H,16-17H2,1H3/b28-26-. The Kier molecular flexibility index (Phi) is 5.53. The first-order chi connectivity index (χ1) is 18.0. The molecule has 0 saturated carbocycles. The molecule has 1 atom stereocenters. The summed E-state index contributed by atoms with van der Waals surface area (Å²) < 4.78 is 16.3. The number of benzene rings is 4. The first-order valence-electron chi connectivity index (χ1n) is 11.8. The molecule has 0 radical (unpaired) electrons. The molecule has 0 aromatic heterocycles. The summed E-state index contributed by atoms with van der Waals surface area (Å²) in [6.07, 6.45) is 0. The number of rotatable bonds is 5. The van der Waals surface area contributed by atoms with E-state index in [0.29, 0.717) is 28.4 Å². The number of amides is 1. The number of Topliss-reactive ketones (excluding diaryl/α,β-unsaturated/α-hetero) is 1. The van der Waals surface area contributed by atoms with E-state index in [1.807, 2.05) is 48.5 Å². The van der Waals surface area contributed by atoms with Gasteiger partial charge in [-0.3, -0.25) is 9.59 Å². The number of aliphatic hydroxyl groups is 1. The fourth-order valence-corrected chi connectivity index (χ4v) is 4.93. The number of methoxy groups -OCH3 is 1. The Morgan fingerprint density at radius 1 is 0.919 bits per heavy atom. The van der Waals surface area contributed by atoms with Crippen LogP contribution in [0.25, 0.3) is 16.5 Å². The van der Waals surface area contributed by atoms with Crippen molar-refractivity contribution in [3.8, 4) is 17.2 Å². The second kappa shape index (κ2) is 9.02. The van der Waals surface area contributed by atoms with Gasteiger partial charge in [-0.15, -0.1) is 0 Å². The molecule has 1 unspecified atom stereocenters. The number of nitrogens with zero attached hydrogens (tertiary/aromatic N) is 1. The lowest BCUT2D eigenvalue weighted by atomic mass is 9.94. The van der Waals surface area contributed by atoms with Crippen molar-refractivity contribution in [1.29, 1.82) is 0 Å². The molecule has 1 fully saturated rings. The van der Waals surface area contributed by atoms with Gasteiger partial charge in [0.15, 0.2) is 11.5 Å². The zero-order valence-corrected chi connectivity index (χ0v) is 20.0. The van der Waals surface area contributed by atoms with Gasteiger partial charge >= 0.3 is 0 Å². The van der Waals surface area contributed by atoms with Crippen molar-refractivity contribution in [3.05, 3.63) is 107 Å². The van der Waals surface area contributed by atoms with Crippen molar-refractivity contribution in [2.24, 2.45) is 0 Å². The van der Waals surface area contributed by atoms with Crippen LogP contribution in [0.5, 0.6) is 17.2 Å². The molecule has 2 aliphatic heterocycles. The van der Waals surface area contributed by atoms with E-state index in [2.05, 4.69) is 0 Å². The molecule has 0 spiro atoms. The lowest BCUT2D eigenvalue weighted by Crippen LogP contribution is -2.29. The minimum absolute atomic E-state index is 0.0364. The van der Waals surface area contributed by atoms with E-state index in [4.69, 9.17) is 14.2 Å². The van der Waals surface area contributed by atoms with Gasteiger partial charge in [0, 0.05) is 12.1 Å². The lowest BCUT2D eigenvalue weighted by molar-refractivity contribution is -0.140. The molecule has 1 saturated heterocycles. The van der Waals surface area contributed by atoms with Gasteiger partial charge < -0.3 is 24.2 Å². The van der Waals surface area contributed by atoms with Gasteiger partial charge in [-0.25, -0.2) is 0 Å². The highest BCUT2D eigenvalue weighted by atomic mass is 16.7. The highest BCUT2D eigenvalue weighted by Crippen LogP contribution is 2.42. The summed E-state index contributed by atoms with van der Waals surface area (Å²) in [4.78, 5) is 28.3. The van der Waals surface area contributed by atoms with Crippen LogP contribution in [-0.4, -0.2) is 35.6 Å². The quantitative estimate of drug-likeness (QED) is 0.234. The van der Waals surface area contributed by atoms with Crippen molar-refractivity contribution in [1.82, 2.24) is 4.90 Å². The van der Waals surface area contributed by atoms with E-state index in [-0.39, 0.29) is 24.7 Å². The molecule has 2 heterocycles. The average Bonchev–Trinajstić information content (AvgIpc) is 3.50. The summed E-state index contributed by atoms with van der Waals surface area (Å²) in [6.45, 7) is 0.274. The predicted octanol–water partition coefficient (Wildman–Crippen LogP) is 5.20. The van der Waals surface area contributed by atoms with Crippen molar-refractivity contribution in [3.63, 3.8) is 0 Å². The van der Waals surface area contributed by atoms with E-state index in [1.165, 1.54) is 4.90 Å². The maximum atomic E-state index is 13.4. The lowest BCUT2D eigenvalue weighted by Gasteiger charge is -2.26. The fraction of sp³-hybridized carbons (Fsp3) is 0.133. The van der Waals surface area contributed by atoms with Gasteiger partial charge in [0.25, 0.3) is 11.7 Å². The van der Waals surface area contributed by atoms with E-state index >= 15 is 0 Å². The summed E-state index contributed by atoms with van der Waals surface area (Å²) in [5, 5.41) is 13.4. The second-order valence-electron chi connectivity index (χ2n) is 8.95. The number of likely N-dealkylation sites (tertiary alicyclic amines) is 1. The monoisotopic (exact) mass is 493 g/mol. The summed E-state index contributed by atoms with van der Waals surface area (Å²) in [7, 11) is 1.55. The van der Waals surface area contributed by atoms with Gasteiger partial charge in [0.05, 0.1) is 18.7 Å². The topological polar surface area (TPSA) is 85.3 Å². The Labute approximate surface area is 213 Å². The molecule has 37 heavy (non-hydrogen) atoms. The second-order valence-corrected chi connectivity index (χ2v) is 8.95. The fourth-order valence-electron chi connectivity index (χ4n) is 4.93. The van der Waals surface area contributed by atoms with Gasteiger partial charge in [-0.2, -0.15) is 0 Å². The van der Waals surface area contributed by atoms with Crippen molar-refractivity contribution >= 4 is 28.2 Å². The molecule has 7 heteroatoms. The molecule has 184 valence electrons. The molecule has 0 aliphatic carbocycles. The van der Waals surface area contributed by atoms with E-state index < -0.39 is 17.7 Å². The number of carbonyl (C=O) groups excluding carboxylic acids is 2. The third-order valence-corrected chi connectivity index (χ3v) is 6.76. The summed E-state index contributed by atoms with van der Waals surface area (Å²) in [5.41, 5.74) is 1.92. The normalized spacial score (nSPS) is 18.0. The Hall–Kier alpha value is -4.78. The van der Waals surface area contributed by atoms with Crippen molar-refractivity contribution in [2.75, 3.05) is 13.9 Å². The average molecular weight is 494 g/mol. The Morgan fingerprint density at radius 3 is 2.57 bits per heavy atom. The molecule has 4 aromatic rings. The number of fused-ring (bicyclic) bond motifs is 2. The van der Waals surface area contributed by atoms with Crippen LogP contribution in [0.15, 0.2) is 90.5 Å². The molecule has 7 nitrogen and oxygen atoms in total. The first kappa shape index (κ1) is 22.7. The Morgan fingerprint density at radius 2 is 1.73 bits per heavy atom. The van der Waals surface area contributed by atoms with Crippen LogP contribution < -0.4 is 14.2 Å². The van der Waals surface area contributed by atoms with Crippen LogP contribution in [0.4, 0.5) is 0 Å². The van der Waals surface area contributed by atoms with Crippen LogP contribution in [0.3, 0.4) is 0 Å². The maximum absolute atomic E-state index is 13.4. The van der Waals surface area contributed by atoms with Crippen LogP contribution in [0.2, 0.25) is 0 Å². The highest BCUT2D eigenvalue weighted by Gasteiger charge is 2.46. The number of hydrogen-bond acceptors (Lipinski definition) is 6. The maximum Gasteiger partial charge on any atom is 0.295 e. The minimum Gasteiger partial charge on any atom is -0.507 e. The number of aliphatic hydroxyl groups excluding tert-OH is 1. The van der Waals surface area contributed by atoms with Gasteiger partial charge in [0.1, 0.15) is 11.5 Å². The Balaban J connectivity index is 1.48. The van der Waals surface area contributed by atoms with Gasteiger partial charge in [0.2, 0.25) is 6.79 Å². The van der Waals surface area contributed by atoms with Crippen molar-refractivity contribution < 1.29 is 28.9 Å². The van der Waals surface area contributed by atoms with E-state index in [0.717, 1.165) is 16.3 Å². The van der Waals surface area contributed by atoms with Gasteiger partial charge in [-0.05, 0) is 52.2 Å². The predicted molar refractivity (Wildman–Crippen MR) is 137 cm³/mol. The first-order valence-corrected chi connectivity index (χ1v) is 11.8. The molecule has 1 N–H and O–H groups in total. The van der Waals surface area contributed by atoms with Crippen LogP contribution in [-0.2, 0) is 16.1 Å². The number of hydrogen-bond donors (Lipinski definition) is 1. The molecule has 1 amide bonds. The van der Waals surface area contributed by atoms with E-state index in [9.17, 15) is 14.7 Å². The summed E-state index contributed by atoms with van der Waals surface area (Å²) in [5.74, 6) is 0.156. The number of ketones is 1. The number of carbonyl (C=O) groups is 2. The summed E-state index contributed by atoms with van der Waals surface area (Å²) >= 11 is 0. The third kappa shape index (κ3) is 3.94. The molecule has 6 rings (SSSR count).